The van der Waals surface area contributed by atoms with E-state index in [2.05, 4.69) is 30.0 Å². The van der Waals surface area contributed by atoms with E-state index in [1.807, 2.05) is 38.2 Å². The zero-order valence-electron chi connectivity index (χ0n) is 8.12. The van der Waals surface area contributed by atoms with Gasteiger partial charge in [0.05, 0.1) is 0 Å². The van der Waals surface area contributed by atoms with E-state index >= 15 is 0 Å². The second-order valence-electron chi connectivity index (χ2n) is 2.73. The molecule has 0 aromatic heterocycles. The van der Waals surface area contributed by atoms with Gasteiger partial charge >= 0.3 is 0 Å². The monoisotopic (exact) mass is 170 g/mol. The lowest BCUT2D eigenvalue weighted by Crippen LogP contribution is -1.81. The van der Waals surface area contributed by atoms with Gasteiger partial charge in [-0.1, -0.05) is 30.4 Å². The van der Waals surface area contributed by atoms with Crippen molar-refractivity contribution in [1.82, 2.24) is 0 Å². The summed E-state index contributed by atoms with van der Waals surface area (Å²) < 4.78 is 0. The third-order valence-corrected chi connectivity index (χ3v) is 1.82. The van der Waals surface area contributed by atoms with Gasteiger partial charge in [-0.05, 0) is 43.2 Å². The molecule has 66 valence electrons. The van der Waals surface area contributed by atoms with Crippen molar-refractivity contribution in [3.05, 3.63) is 65.5 Å². The van der Waals surface area contributed by atoms with Gasteiger partial charge in [-0.15, -0.1) is 5.73 Å². The zero-order valence-corrected chi connectivity index (χ0v) is 8.12. The summed E-state index contributed by atoms with van der Waals surface area (Å²) in [5.41, 5.74) is 5.50. The minimum atomic E-state index is 1.22. The Bertz CT molecular complexity index is 340. The Balaban J connectivity index is 2.95. The van der Waals surface area contributed by atoms with Gasteiger partial charge in [0.15, 0.2) is 0 Å². The highest BCUT2D eigenvalue weighted by molar-refractivity contribution is 5.49. The summed E-state index contributed by atoms with van der Waals surface area (Å²) >= 11 is 0. The van der Waals surface area contributed by atoms with E-state index in [1.165, 1.54) is 11.1 Å². The summed E-state index contributed by atoms with van der Waals surface area (Å²) in [6.45, 7) is 4.07. The molecule has 0 radical (unpaired) electrons. The molecular formula is C13H14. The van der Waals surface area contributed by atoms with Crippen LogP contribution in [0.5, 0.6) is 0 Å². The van der Waals surface area contributed by atoms with Crippen LogP contribution < -0.4 is 0 Å². The van der Waals surface area contributed by atoms with Crippen LogP contribution in [0, 0.1) is 0 Å². The zero-order chi connectivity index (χ0) is 9.52. The predicted molar refractivity (Wildman–Crippen MR) is 58.4 cm³/mol. The minimum absolute atomic E-state index is 1.22. The number of hydrogen-bond donors (Lipinski definition) is 0. The van der Waals surface area contributed by atoms with E-state index in [0.717, 1.165) is 0 Å². The van der Waals surface area contributed by atoms with Crippen molar-refractivity contribution in [2.45, 2.75) is 13.8 Å². The number of hydrogen-bond acceptors (Lipinski definition) is 0. The van der Waals surface area contributed by atoms with E-state index in [4.69, 9.17) is 0 Å². The van der Waals surface area contributed by atoms with Gasteiger partial charge in [0.2, 0.25) is 0 Å². The average molecular weight is 170 g/mol. The van der Waals surface area contributed by atoms with Gasteiger partial charge < -0.3 is 0 Å². The van der Waals surface area contributed by atoms with Crippen molar-refractivity contribution in [2.75, 3.05) is 0 Å². The van der Waals surface area contributed by atoms with Crippen LogP contribution in [-0.2, 0) is 0 Å². The second kappa shape index (κ2) is 5.18. The lowest BCUT2D eigenvalue weighted by atomic mass is 10.0. The van der Waals surface area contributed by atoms with Gasteiger partial charge in [0.25, 0.3) is 0 Å². The van der Waals surface area contributed by atoms with Gasteiger partial charge in [-0.3, -0.25) is 0 Å². The van der Waals surface area contributed by atoms with Crippen LogP contribution >= 0.6 is 0 Å². The first-order valence-corrected chi connectivity index (χ1v) is 4.47. The fourth-order valence-corrected chi connectivity index (χ4v) is 1.19. The fourth-order valence-electron chi connectivity index (χ4n) is 1.19. The van der Waals surface area contributed by atoms with Crippen LogP contribution in [0.25, 0.3) is 0 Å². The summed E-state index contributed by atoms with van der Waals surface area (Å²) in [6, 6.07) is 0. The molecule has 1 rings (SSSR count). The highest BCUT2D eigenvalue weighted by Crippen LogP contribution is 2.14. The quantitative estimate of drug-likeness (QED) is 0.437. The molecule has 0 atom stereocenters. The van der Waals surface area contributed by atoms with E-state index in [1.54, 1.807) is 0 Å². The first kappa shape index (κ1) is 9.57. The molecule has 0 aromatic rings. The maximum atomic E-state index is 3.03. The first-order chi connectivity index (χ1) is 6.38. The minimum Gasteiger partial charge on any atom is -0.121 e. The lowest BCUT2D eigenvalue weighted by Gasteiger charge is -2.00. The van der Waals surface area contributed by atoms with Crippen molar-refractivity contribution in [3.63, 3.8) is 0 Å². The smallest absolute Gasteiger partial charge is 0.0181 e. The molecule has 0 amide bonds. The van der Waals surface area contributed by atoms with Gasteiger partial charge in [0, 0.05) is 0 Å². The van der Waals surface area contributed by atoms with Crippen molar-refractivity contribution >= 4 is 0 Å². The molecule has 13 heavy (non-hydrogen) atoms. The molecular weight excluding hydrogens is 156 g/mol. The maximum Gasteiger partial charge on any atom is -0.0181 e. The van der Waals surface area contributed by atoms with E-state index in [9.17, 15) is 0 Å². The van der Waals surface area contributed by atoms with Crippen LogP contribution in [-0.4, -0.2) is 0 Å². The molecule has 1 aliphatic carbocycles. The Kier molecular flexibility index (Phi) is 3.81. The standard InChI is InChI=1S/C13H14/c1-3-9-12(4-2)13-10-7-5-6-8-11-13/h3-5,7-11H,1-2H3/b9-3-,12-4+. The Labute approximate surface area is 80.0 Å². The van der Waals surface area contributed by atoms with Crippen LogP contribution in [0.1, 0.15) is 13.8 Å². The molecule has 0 heteroatoms. The maximum absolute atomic E-state index is 3.03. The van der Waals surface area contributed by atoms with Gasteiger partial charge in [0.1, 0.15) is 0 Å². The molecule has 0 aromatic carbocycles. The molecule has 0 N–H and O–H groups in total. The van der Waals surface area contributed by atoms with E-state index < -0.39 is 0 Å². The molecule has 0 bridgehead atoms. The Hall–Kier alpha value is -1.52. The largest absolute Gasteiger partial charge is 0.121 e. The SMILES string of the molecule is C/C=C\C(=C/C)C1=CC=C=CC=C1. The van der Waals surface area contributed by atoms with Crippen LogP contribution in [0.2, 0.25) is 0 Å². The third-order valence-electron chi connectivity index (χ3n) is 1.82. The van der Waals surface area contributed by atoms with E-state index in [-0.39, 0.29) is 0 Å². The number of allylic oxidation sites excluding steroid dienone is 9. The highest BCUT2D eigenvalue weighted by Gasteiger charge is 1.95. The van der Waals surface area contributed by atoms with Crippen molar-refractivity contribution in [3.8, 4) is 0 Å². The summed E-state index contributed by atoms with van der Waals surface area (Å²) in [5.74, 6) is 0. The molecule has 1 aliphatic rings. The Morgan fingerprint density at radius 1 is 1.31 bits per heavy atom. The molecule has 0 spiro atoms. The van der Waals surface area contributed by atoms with Crippen molar-refractivity contribution in [1.29, 1.82) is 0 Å². The normalized spacial score (nSPS) is 16.5. The van der Waals surface area contributed by atoms with Gasteiger partial charge in [-0.25, -0.2) is 0 Å². The summed E-state index contributed by atoms with van der Waals surface area (Å²) in [4.78, 5) is 0. The predicted octanol–water partition coefficient (Wildman–Crippen LogP) is 3.72. The van der Waals surface area contributed by atoms with Crippen molar-refractivity contribution < 1.29 is 0 Å². The van der Waals surface area contributed by atoms with Crippen LogP contribution in [0.15, 0.2) is 65.5 Å². The first-order valence-electron chi connectivity index (χ1n) is 4.47. The fraction of sp³-hybridized carbons (Fsp3) is 0.154. The van der Waals surface area contributed by atoms with Crippen molar-refractivity contribution in [2.24, 2.45) is 0 Å². The Morgan fingerprint density at radius 3 is 2.85 bits per heavy atom. The molecule has 0 heterocycles. The van der Waals surface area contributed by atoms with Crippen LogP contribution in [0.3, 0.4) is 0 Å². The average Bonchev–Trinajstić information content (AvgIpc) is 2.42. The van der Waals surface area contributed by atoms with Gasteiger partial charge in [-0.2, -0.15) is 0 Å². The molecule has 0 unspecified atom stereocenters. The Morgan fingerprint density at radius 2 is 2.15 bits per heavy atom. The van der Waals surface area contributed by atoms with E-state index in [0.29, 0.717) is 0 Å². The lowest BCUT2D eigenvalue weighted by molar-refractivity contribution is 1.49. The molecule has 0 saturated carbocycles. The third kappa shape index (κ3) is 2.77. The summed E-state index contributed by atoms with van der Waals surface area (Å²) in [6.07, 6.45) is 16.3. The molecule has 0 fully saturated rings. The number of rotatable bonds is 2. The second-order valence-corrected chi connectivity index (χ2v) is 2.73. The molecule has 0 saturated heterocycles. The van der Waals surface area contributed by atoms with Crippen LogP contribution in [0.4, 0.5) is 0 Å². The topological polar surface area (TPSA) is 0 Å². The molecule has 0 nitrogen and oxygen atoms in total. The summed E-state index contributed by atoms with van der Waals surface area (Å²) in [5, 5.41) is 0. The molecule has 0 aliphatic heterocycles. The summed E-state index contributed by atoms with van der Waals surface area (Å²) in [7, 11) is 0. The highest BCUT2D eigenvalue weighted by atomic mass is 14.0.